The van der Waals surface area contributed by atoms with Crippen LogP contribution in [-0.2, 0) is 25.6 Å². The topological polar surface area (TPSA) is 90.5 Å². The Hall–Kier alpha value is -2.85. The van der Waals surface area contributed by atoms with Crippen molar-refractivity contribution in [3.05, 3.63) is 53.6 Å². The first kappa shape index (κ1) is 30.6. The molecule has 0 radical (unpaired) electrons. The number of fused-ring (bicyclic) bond motifs is 1. The zero-order valence-electron chi connectivity index (χ0n) is 25.1. The lowest BCUT2D eigenvalue weighted by atomic mass is 9.79. The molecule has 0 spiro atoms. The summed E-state index contributed by atoms with van der Waals surface area (Å²) in [4.78, 5) is 15.2. The van der Waals surface area contributed by atoms with Gasteiger partial charge in [0.15, 0.2) is 0 Å². The number of amides is 1. The van der Waals surface area contributed by atoms with Gasteiger partial charge in [0, 0.05) is 65.4 Å². The van der Waals surface area contributed by atoms with Crippen molar-refractivity contribution in [3.8, 4) is 11.5 Å². The molecule has 2 N–H and O–H groups in total. The van der Waals surface area contributed by atoms with Gasteiger partial charge in [-0.05, 0) is 66.5 Å². The summed E-state index contributed by atoms with van der Waals surface area (Å²) in [7, 11) is 3.43. The maximum atomic E-state index is 12.9. The van der Waals surface area contributed by atoms with Crippen LogP contribution in [0.2, 0.25) is 0 Å². The molecule has 2 fully saturated rings. The van der Waals surface area contributed by atoms with Gasteiger partial charge in [0.1, 0.15) is 18.1 Å². The van der Waals surface area contributed by atoms with E-state index in [1.165, 1.54) is 5.56 Å². The number of nitrogens with zero attached hydrogens (tertiary/aromatic N) is 1. The minimum absolute atomic E-state index is 0.0466. The van der Waals surface area contributed by atoms with Gasteiger partial charge < -0.3 is 39.2 Å². The van der Waals surface area contributed by atoms with E-state index < -0.39 is 0 Å². The van der Waals surface area contributed by atoms with Crippen LogP contribution in [-0.4, -0.2) is 85.4 Å². The highest BCUT2D eigenvalue weighted by Crippen LogP contribution is 2.36. The van der Waals surface area contributed by atoms with Gasteiger partial charge in [0.2, 0.25) is 5.91 Å². The predicted octanol–water partition coefficient (Wildman–Crippen LogP) is 3.75. The van der Waals surface area contributed by atoms with Crippen LogP contribution in [0.5, 0.6) is 11.5 Å². The molecule has 2 aromatic rings. The highest BCUT2D eigenvalue weighted by Gasteiger charge is 2.35. The molecular weight excluding hydrogens is 534 g/mol. The number of methoxy groups -OCH3 is 2. The van der Waals surface area contributed by atoms with Crippen molar-refractivity contribution in [2.24, 2.45) is 11.8 Å². The standard InChI is InChI=1S/C33H47N3O6/c1-38-14-3-12-36-13-17-41-30-9-4-25(18-29(30)36)23-42-31-22-34-20-27(33(31)26-5-7-28(39-2)8-6-26)21-35-32(37)19-24-10-15-40-16-11-24/h4-9,18,24,27,31,33-34H,3,10-17,19-23H2,1-2H3,(H,35,37)/t27-,31-,33-/m0/s1. The second kappa shape index (κ2) is 15.6. The van der Waals surface area contributed by atoms with Crippen molar-refractivity contribution in [1.82, 2.24) is 10.6 Å². The average Bonchev–Trinajstić information content (AvgIpc) is 3.03. The number of benzene rings is 2. The summed E-state index contributed by atoms with van der Waals surface area (Å²) in [6.45, 7) is 7.43. The predicted molar refractivity (Wildman–Crippen MR) is 162 cm³/mol. The van der Waals surface area contributed by atoms with Gasteiger partial charge in [-0.25, -0.2) is 0 Å². The fraction of sp³-hybridized carbons (Fsp3) is 0.606. The van der Waals surface area contributed by atoms with Crippen molar-refractivity contribution in [1.29, 1.82) is 0 Å². The van der Waals surface area contributed by atoms with Gasteiger partial charge in [-0.1, -0.05) is 18.2 Å². The van der Waals surface area contributed by atoms with Crippen molar-refractivity contribution in [2.75, 3.05) is 78.3 Å². The molecule has 9 nitrogen and oxygen atoms in total. The van der Waals surface area contributed by atoms with Gasteiger partial charge >= 0.3 is 0 Å². The van der Waals surface area contributed by atoms with Crippen molar-refractivity contribution < 1.29 is 28.5 Å². The molecule has 3 heterocycles. The summed E-state index contributed by atoms with van der Waals surface area (Å²) >= 11 is 0. The fourth-order valence-corrected chi connectivity index (χ4v) is 6.42. The largest absolute Gasteiger partial charge is 0.497 e. The Balaban J connectivity index is 1.26. The molecule has 5 rings (SSSR count). The van der Waals surface area contributed by atoms with Crippen molar-refractivity contribution in [2.45, 2.75) is 44.3 Å². The SMILES string of the molecule is COCCCN1CCOc2ccc(CO[C@H]3CNC[C@@H](CNC(=O)CC4CCOCC4)[C@@H]3c3ccc(OC)cc3)cc21. The van der Waals surface area contributed by atoms with E-state index in [2.05, 4.69) is 45.9 Å². The summed E-state index contributed by atoms with van der Waals surface area (Å²) in [5, 5.41) is 6.82. The van der Waals surface area contributed by atoms with E-state index >= 15 is 0 Å². The van der Waals surface area contributed by atoms with Gasteiger partial charge in [-0.3, -0.25) is 4.79 Å². The Morgan fingerprint density at radius 3 is 2.69 bits per heavy atom. The summed E-state index contributed by atoms with van der Waals surface area (Å²) in [5.41, 5.74) is 3.45. The Labute approximate surface area is 250 Å². The highest BCUT2D eigenvalue weighted by molar-refractivity contribution is 5.76. The van der Waals surface area contributed by atoms with Crippen LogP contribution in [0.3, 0.4) is 0 Å². The zero-order chi connectivity index (χ0) is 29.1. The third kappa shape index (κ3) is 8.16. The number of anilines is 1. The van der Waals surface area contributed by atoms with E-state index in [-0.39, 0.29) is 23.8 Å². The molecule has 2 aromatic carbocycles. The molecule has 3 atom stereocenters. The van der Waals surface area contributed by atoms with Gasteiger partial charge in [-0.15, -0.1) is 0 Å². The lowest BCUT2D eigenvalue weighted by Crippen LogP contribution is -2.50. The molecule has 0 unspecified atom stereocenters. The zero-order valence-corrected chi connectivity index (χ0v) is 25.1. The minimum Gasteiger partial charge on any atom is -0.497 e. The van der Waals surface area contributed by atoms with Crippen LogP contribution < -0.4 is 25.0 Å². The molecule has 0 saturated carbocycles. The Kier molecular flexibility index (Phi) is 11.3. The summed E-state index contributed by atoms with van der Waals surface area (Å²) < 4.78 is 28.8. The van der Waals surface area contributed by atoms with E-state index in [0.717, 1.165) is 88.0 Å². The number of hydrogen-bond acceptors (Lipinski definition) is 8. The molecule has 2 saturated heterocycles. The number of carbonyl (C=O) groups excluding carboxylic acids is 1. The number of hydrogen-bond donors (Lipinski definition) is 2. The monoisotopic (exact) mass is 581 g/mol. The smallest absolute Gasteiger partial charge is 0.220 e. The molecule has 3 aliphatic heterocycles. The van der Waals surface area contributed by atoms with Gasteiger partial charge in [0.05, 0.1) is 32.1 Å². The molecular formula is C33H47N3O6. The molecule has 3 aliphatic rings. The van der Waals surface area contributed by atoms with Crippen molar-refractivity contribution >= 4 is 11.6 Å². The van der Waals surface area contributed by atoms with Gasteiger partial charge in [0.25, 0.3) is 0 Å². The molecule has 9 heteroatoms. The van der Waals surface area contributed by atoms with Crippen LogP contribution >= 0.6 is 0 Å². The summed E-state index contributed by atoms with van der Waals surface area (Å²) in [5.74, 6) is 2.63. The molecule has 230 valence electrons. The Morgan fingerprint density at radius 2 is 1.90 bits per heavy atom. The number of piperidine rings is 1. The fourth-order valence-electron chi connectivity index (χ4n) is 6.42. The minimum atomic E-state index is -0.0466. The molecule has 1 amide bonds. The molecule has 0 aliphatic carbocycles. The second-order valence-electron chi connectivity index (χ2n) is 11.6. The Bertz CT molecular complexity index is 1120. The third-order valence-electron chi connectivity index (χ3n) is 8.76. The normalized spacial score (nSPS) is 22.7. The van der Waals surface area contributed by atoms with E-state index in [1.54, 1.807) is 14.2 Å². The van der Waals surface area contributed by atoms with Crippen LogP contribution in [0.1, 0.15) is 42.7 Å². The van der Waals surface area contributed by atoms with E-state index in [1.807, 2.05) is 12.1 Å². The van der Waals surface area contributed by atoms with E-state index in [0.29, 0.717) is 32.1 Å². The number of rotatable bonds is 13. The lowest BCUT2D eigenvalue weighted by molar-refractivity contribution is -0.123. The molecule has 0 bridgehead atoms. The first-order valence-corrected chi connectivity index (χ1v) is 15.4. The first-order valence-electron chi connectivity index (χ1n) is 15.4. The maximum absolute atomic E-state index is 12.9. The van der Waals surface area contributed by atoms with Crippen LogP contribution in [0.4, 0.5) is 5.69 Å². The highest BCUT2D eigenvalue weighted by atomic mass is 16.5. The summed E-state index contributed by atoms with van der Waals surface area (Å²) in [6.07, 6.45) is 3.42. The average molecular weight is 582 g/mol. The van der Waals surface area contributed by atoms with Crippen molar-refractivity contribution in [3.63, 3.8) is 0 Å². The number of carbonyl (C=O) groups is 1. The lowest BCUT2D eigenvalue weighted by Gasteiger charge is -2.39. The number of nitrogens with one attached hydrogen (secondary N) is 2. The van der Waals surface area contributed by atoms with Gasteiger partial charge in [-0.2, -0.15) is 0 Å². The molecule has 0 aromatic heterocycles. The van der Waals surface area contributed by atoms with E-state index in [4.69, 9.17) is 23.7 Å². The third-order valence-corrected chi connectivity index (χ3v) is 8.76. The maximum Gasteiger partial charge on any atom is 0.220 e. The van der Waals surface area contributed by atoms with Crippen LogP contribution in [0.25, 0.3) is 0 Å². The van der Waals surface area contributed by atoms with E-state index in [9.17, 15) is 4.79 Å². The first-order chi connectivity index (χ1) is 20.6. The second-order valence-corrected chi connectivity index (χ2v) is 11.6. The van der Waals surface area contributed by atoms with Crippen LogP contribution in [0.15, 0.2) is 42.5 Å². The quantitative estimate of drug-likeness (QED) is 0.346. The summed E-state index contributed by atoms with van der Waals surface area (Å²) in [6, 6.07) is 14.7. The van der Waals surface area contributed by atoms with Crippen LogP contribution in [0, 0.1) is 11.8 Å². The Morgan fingerprint density at radius 1 is 1.07 bits per heavy atom. The number of ether oxygens (including phenoxy) is 5. The molecule has 42 heavy (non-hydrogen) atoms.